The molecule has 0 aliphatic carbocycles. The van der Waals surface area contributed by atoms with Crippen LogP contribution < -0.4 is 10.1 Å². The van der Waals surface area contributed by atoms with E-state index in [0.29, 0.717) is 11.4 Å². The van der Waals surface area contributed by atoms with Crippen molar-refractivity contribution in [2.24, 2.45) is 0 Å². The van der Waals surface area contributed by atoms with Gasteiger partial charge in [0.1, 0.15) is 5.75 Å². The van der Waals surface area contributed by atoms with Crippen LogP contribution in [0.1, 0.15) is 13.8 Å². The van der Waals surface area contributed by atoms with Crippen LogP contribution in [-0.4, -0.2) is 25.1 Å². The van der Waals surface area contributed by atoms with Gasteiger partial charge < -0.3 is 14.8 Å². The Morgan fingerprint density at radius 1 is 1.37 bits per heavy atom. The quantitative estimate of drug-likeness (QED) is 0.653. The number of carbonyl (C=O) groups is 2. The van der Waals surface area contributed by atoms with Gasteiger partial charge in [0.05, 0.1) is 7.11 Å². The molecule has 1 aromatic rings. The smallest absolute Gasteiger partial charge is 0.331 e. The topological polar surface area (TPSA) is 64.6 Å². The van der Waals surface area contributed by atoms with Gasteiger partial charge >= 0.3 is 5.97 Å². The molecule has 0 heterocycles. The molecule has 0 fully saturated rings. The van der Waals surface area contributed by atoms with Crippen molar-refractivity contribution < 1.29 is 19.1 Å². The molecule has 0 aliphatic rings. The Morgan fingerprint density at radius 3 is 2.74 bits per heavy atom. The summed E-state index contributed by atoms with van der Waals surface area (Å²) in [5, 5.41) is 2.64. The van der Waals surface area contributed by atoms with Crippen LogP contribution in [0.5, 0.6) is 5.75 Å². The predicted octanol–water partition coefficient (Wildman–Crippen LogP) is 2.14. The van der Waals surface area contributed by atoms with Crippen molar-refractivity contribution in [2.45, 2.75) is 20.0 Å². The molecule has 5 nitrogen and oxygen atoms in total. The SMILES string of the molecule is C/C=C/C(=O)OC(C)C(=O)Nc1cccc(OC)c1. The first kappa shape index (κ1) is 14.8. The summed E-state index contributed by atoms with van der Waals surface area (Å²) in [6, 6.07) is 6.93. The average Bonchev–Trinajstić information content (AvgIpc) is 2.39. The van der Waals surface area contributed by atoms with Gasteiger partial charge in [-0.25, -0.2) is 4.79 Å². The van der Waals surface area contributed by atoms with Crippen LogP contribution in [0.25, 0.3) is 0 Å². The number of esters is 1. The van der Waals surface area contributed by atoms with Crippen molar-refractivity contribution in [3.05, 3.63) is 36.4 Å². The first-order valence-corrected chi connectivity index (χ1v) is 5.85. The minimum absolute atomic E-state index is 0.397. The third kappa shape index (κ3) is 4.83. The first-order valence-electron chi connectivity index (χ1n) is 5.85. The van der Waals surface area contributed by atoms with E-state index in [2.05, 4.69) is 5.32 Å². The Bertz CT molecular complexity index is 482. The number of ether oxygens (including phenoxy) is 2. The number of nitrogens with one attached hydrogen (secondary N) is 1. The van der Waals surface area contributed by atoms with Crippen molar-refractivity contribution >= 4 is 17.6 Å². The van der Waals surface area contributed by atoms with Gasteiger partial charge in [0.15, 0.2) is 6.10 Å². The molecule has 0 radical (unpaired) electrons. The number of hydrogen-bond acceptors (Lipinski definition) is 4. The number of methoxy groups -OCH3 is 1. The Kier molecular flexibility index (Phi) is 5.60. The molecule has 1 N–H and O–H groups in total. The number of benzene rings is 1. The highest BCUT2D eigenvalue weighted by atomic mass is 16.5. The van der Waals surface area contributed by atoms with Gasteiger partial charge in [-0.1, -0.05) is 12.1 Å². The first-order chi connectivity index (χ1) is 9.06. The van der Waals surface area contributed by atoms with E-state index >= 15 is 0 Å². The Morgan fingerprint density at radius 2 is 2.11 bits per heavy atom. The lowest BCUT2D eigenvalue weighted by Crippen LogP contribution is -2.29. The van der Waals surface area contributed by atoms with E-state index in [1.54, 1.807) is 44.4 Å². The summed E-state index contributed by atoms with van der Waals surface area (Å²) in [6.45, 7) is 3.21. The molecule has 102 valence electrons. The number of anilines is 1. The molecule has 0 saturated heterocycles. The molecule has 0 aromatic heterocycles. The van der Waals surface area contributed by atoms with Gasteiger partial charge in [-0.05, 0) is 26.0 Å². The van der Waals surface area contributed by atoms with Gasteiger partial charge in [0.25, 0.3) is 5.91 Å². The Hall–Kier alpha value is -2.30. The molecule has 19 heavy (non-hydrogen) atoms. The third-order valence-corrected chi connectivity index (χ3v) is 2.30. The van der Waals surface area contributed by atoms with Gasteiger partial charge in [0.2, 0.25) is 0 Å². The zero-order valence-electron chi connectivity index (χ0n) is 11.2. The van der Waals surface area contributed by atoms with E-state index in [-0.39, 0.29) is 0 Å². The van der Waals surface area contributed by atoms with E-state index in [9.17, 15) is 9.59 Å². The highest BCUT2D eigenvalue weighted by Crippen LogP contribution is 2.17. The van der Waals surface area contributed by atoms with Crippen molar-refractivity contribution in [1.82, 2.24) is 0 Å². The maximum atomic E-state index is 11.8. The third-order valence-electron chi connectivity index (χ3n) is 2.30. The number of amides is 1. The van der Waals surface area contributed by atoms with Crippen LogP contribution in [0.15, 0.2) is 36.4 Å². The summed E-state index contributed by atoms with van der Waals surface area (Å²) < 4.78 is 9.96. The van der Waals surface area contributed by atoms with Crippen LogP contribution in [0, 0.1) is 0 Å². The summed E-state index contributed by atoms with van der Waals surface area (Å²) in [5.41, 5.74) is 0.582. The largest absolute Gasteiger partial charge is 0.497 e. The fourth-order valence-electron chi connectivity index (χ4n) is 1.35. The van der Waals surface area contributed by atoms with Gasteiger partial charge in [-0.2, -0.15) is 0 Å². The van der Waals surface area contributed by atoms with Crippen LogP contribution in [0.4, 0.5) is 5.69 Å². The average molecular weight is 263 g/mol. The van der Waals surface area contributed by atoms with Gasteiger partial charge in [0, 0.05) is 17.8 Å². The van der Waals surface area contributed by atoms with E-state index in [4.69, 9.17) is 9.47 Å². The monoisotopic (exact) mass is 263 g/mol. The summed E-state index contributed by atoms with van der Waals surface area (Å²) in [6.07, 6.45) is 1.94. The molecule has 1 rings (SSSR count). The Balaban J connectivity index is 2.60. The zero-order valence-corrected chi connectivity index (χ0v) is 11.2. The van der Waals surface area contributed by atoms with Gasteiger partial charge in [-0.15, -0.1) is 0 Å². The van der Waals surface area contributed by atoms with Crippen LogP contribution in [0.3, 0.4) is 0 Å². The predicted molar refractivity (Wildman–Crippen MR) is 72.0 cm³/mol. The molecular formula is C14H17NO4. The van der Waals surface area contributed by atoms with Crippen LogP contribution in [0.2, 0.25) is 0 Å². The van der Waals surface area contributed by atoms with Crippen molar-refractivity contribution in [1.29, 1.82) is 0 Å². The summed E-state index contributed by atoms with van der Waals surface area (Å²) >= 11 is 0. The minimum Gasteiger partial charge on any atom is -0.497 e. The normalized spacial score (nSPS) is 11.9. The molecule has 1 unspecified atom stereocenters. The highest BCUT2D eigenvalue weighted by Gasteiger charge is 2.16. The summed E-state index contributed by atoms with van der Waals surface area (Å²) in [5.74, 6) is -0.307. The van der Waals surface area contributed by atoms with Gasteiger partial charge in [-0.3, -0.25) is 4.79 Å². The number of hydrogen-bond donors (Lipinski definition) is 1. The molecule has 0 aliphatic heterocycles. The molecule has 1 aromatic carbocycles. The standard InChI is InChI=1S/C14H17NO4/c1-4-6-13(16)19-10(2)14(17)15-11-7-5-8-12(9-11)18-3/h4-10H,1-3H3,(H,15,17)/b6-4+. The molecule has 0 bridgehead atoms. The second kappa shape index (κ2) is 7.20. The van der Waals surface area contributed by atoms with Crippen molar-refractivity contribution in [3.63, 3.8) is 0 Å². The highest BCUT2D eigenvalue weighted by molar-refractivity contribution is 5.96. The van der Waals surface area contributed by atoms with Crippen molar-refractivity contribution in [2.75, 3.05) is 12.4 Å². The second-order valence-electron chi connectivity index (χ2n) is 3.80. The van der Waals surface area contributed by atoms with Crippen LogP contribution >= 0.6 is 0 Å². The van der Waals surface area contributed by atoms with Crippen molar-refractivity contribution in [3.8, 4) is 5.75 Å². The second-order valence-corrected chi connectivity index (χ2v) is 3.80. The fraction of sp³-hybridized carbons (Fsp3) is 0.286. The maximum Gasteiger partial charge on any atom is 0.331 e. The molecular weight excluding hydrogens is 246 g/mol. The Labute approximate surface area is 112 Å². The van der Waals surface area contributed by atoms with E-state index in [0.717, 1.165) is 0 Å². The lowest BCUT2D eigenvalue weighted by atomic mass is 10.3. The maximum absolute atomic E-state index is 11.8. The van der Waals surface area contributed by atoms with Crippen LogP contribution in [-0.2, 0) is 14.3 Å². The zero-order chi connectivity index (χ0) is 14.3. The molecule has 1 atom stereocenters. The van der Waals surface area contributed by atoms with E-state index < -0.39 is 18.0 Å². The molecule has 0 saturated carbocycles. The minimum atomic E-state index is -0.866. The number of rotatable bonds is 5. The summed E-state index contributed by atoms with van der Waals surface area (Å²) in [4.78, 5) is 23.0. The number of allylic oxidation sites excluding steroid dienone is 1. The molecule has 1 amide bonds. The number of carbonyl (C=O) groups excluding carboxylic acids is 2. The van der Waals surface area contributed by atoms with E-state index in [1.807, 2.05) is 0 Å². The lowest BCUT2D eigenvalue weighted by Gasteiger charge is -2.12. The molecule has 0 spiro atoms. The lowest BCUT2D eigenvalue weighted by molar-refractivity contribution is -0.148. The molecule has 5 heteroatoms. The summed E-state index contributed by atoms with van der Waals surface area (Å²) in [7, 11) is 1.54. The fourth-order valence-corrected chi connectivity index (χ4v) is 1.35. The van der Waals surface area contributed by atoms with E-state index in [1.165, 1.54) is 13.0 Å².